The highest BCUT2D eigenvalue weighted by Crippen LogP contribution is 2.17. The molecule has 0 fully saturated rings. The Morgan fingerprint density at radius 2 is 1.68 bits per heavy atom. The lowest BCUT2D eigenvalue weighted by Crippen LogP contribution is -2.31. The van der Waals surface area contributed by atoms with E-state index in [2.05, 4.69) is 16.0 Å². The molecule has 2 aromatic carbocycles. The summed E-state index contributed by atoms with van der Waals surface area (Å²) in [6.45, 7) is 2.19. The molecule has 0 aliphatic heterocycles. The van der Waals surface area contributed by atoms with Crippen molar-refractivity contribution in [1.29, 1.82) is 0 Å². The van der Waals surface area contributed by atoms with Gasteiger partial charge in [-0.1, -0.05) is 18.2 Å². The first kappa shape index (κ1) is 18.3. The summed E-state index contributed by atoms with van der Waals surface area (Å²) >= 11 is 0. The highest BCUT2D eigenvalue weighted by Gasteiger charge is 2.04. The highest BCUT2D eigenvalue weighted by atomic mass is 16.5. The molecule has 0 aliphatic rings. The van der Waals surface area contributed by atoms with Gasteiger partial charge in [-0.3, -0.25) is 9.59 Å². The van der Waals surface area contributed by atoms with E-state index in [9.17, 15) is 9.59 Å². The van der Waals surface area contributed by atoms with Crippen LogP contribution in [0.3, 0.4) is 0 Å². The molecule has 2 aromatic rings. The lowest BCUT2D eigenvalue weighted by molar-refractivity contribution is -0.119. The topological polar surface area (TPSA) is 79.5 Å². The molecular weight excluding hydrogens is 318 g/mol. The van der Waals surface area contributed by atoms with Crippen LogP contribution in [0, 0.1) is 0 Å². The predicted octanol–water partition coefficient (Wildman–Crippen LogP) is 2.42. The molecule has 25 heavy (non-hydrogen) atoms. The minimum Gasteiger partial charge on any atom is -0.496 e. The molecule has 0 bridgehead atoms. The number of anilines is 2. The Hall–Kier alpha value is -3.02. The van der Waals surface area contributed by atoms with E-state index in [0.29, 0.717) is 13.0 Å². The van der Waals surface area contributed by atoms with E-state index < -0.39 is 0 Å². The first-order chi connectivity index (χ1) is 12.1. The number of amides is 2. The standard InChI is InChI=1S/C19H23N3O3/c1-14(23)22-17-9-7-16(8-10-17)21-13-19(24)20-12-11-15-5-3-4-6-18(15)25-2/h3-10,21H,11-13H2,1-2H3,(H,20,24)(H,22,23). The second-order valence-electron chi connectivity index (χ2n) is 5.52. The van der Waals surface area contributed by atoms with Gasteiger partial charge in [0.1, 0.15) is 5.75 Å². The summed E-state index contributed by atoms with van der Waals surface area (Å²) in [7, 11) is 1.64. The van der Waals surface area contributed by atoms with Gasteiger partial charge in [-0.05, 0) is 42.3 Å². The summed E-state index contributed by atoms with van der Waals surface area (Å²) in [6.07, 6.45) is 0.709. The molecule has 6 heteroatoms. The number of carbonyl (C=O) groups is 2. The quantitative estimate of drug-likeness (QED) is 0.689. The van der Waals surface area contributed by atoms with Gasteiger partial charge in [0.15, 0.2) is 0 Å². The Bertz CT molecular complexity index is 714. The van der Waals surface area contributed by atoms with Crippen LogP contribution in [0.1, 0.15) is 12.5 Å². The van der Waals surface area contributed by atoms with Gasteiger partial charge in [-0.15, -0.1) is 0 Å². The molecule has 0 unspecified atom stereocenters. The third-order valence-corrected chi connectivity index (χ3v) is 3.57. The van der Waals surface area contributed by atoms with Crippen LogP contribution < -0.4 is 20.7 Å². The molecule has 3 N–H and O–H groups in total. The second kappa shape index (κ2) is 9.32. The molecular formula is C19H23N3O3. The molecule has 132 valence electrons. The summed E-state index contributed by atoms with van der Waals surface area (Å²) in [5.41, 5.74) is 2.60. The number of ether oxygens (including phenoxy) is 1. The van der Waals surface area contributed by atoms with Gasteiger partial charge in [-0.25, -0.2) is 0 Å². The van der Waals surface area contributed by atoms with Gasteiger partial charge >= 0.3 is 0 Å². The van der Waals surface area contributed by atoms with Crippen LogP contribution in [0.4, 0.5) is 11.4 Å². The minimum atomic E-state index is -0.116. The number of methoxy groups -OCH3 is 1. The van der Waals surface area contributed by atoms with Gasteiger partial charge in [0.25, 0.3) is 0 Å². The average Bonchev–Trinajstić information content (AvgIpc) is 2.61. The molecule has 6 nitrogen and oxygen atoms in total. The zero-order chi connectivity index (χ0) is 18.1. The molecule has 2 rings (SSSR count). The van der Waals surface area contributed by atoms with Crippen molar-refractivity contribution in [1.82, 2.24) is 5.32 Å². The van der Waals surface area contributed by atoms with Crippen molar-refractivity contribution in [2.24, 2.45) is 0 Å². The molecule has 0 atom stereocenters. The summed E-state index contributed by atoms with van der Waals surface area (Å²) < 4.78 is 5.29. The lowest BCUT2D eigenvalue weighted by Gasteiger charge is -2.10. The fourth-order valence-corrected chi connectivity index (χ4v) is 2.37. The maximum absolute atomic E-state index is 11.9. The number of hydrogen-bond donors (Lipinski definition) is 3. The maximum atomic E-state index is 11.9. The van der Waals surface area contributed by atoms with Crippen molar-refractivity contribution in [3.8, 4) is 5.75 Å². The van der Waals surface area contributed by atoms with Crippen molar-refractivity contribution >= 4 is 23.2 Å². The number of benzene rings is 2. The van der Waals surface area contributed by atoms with Crippen LogP contribution >= 0.6 is 0 Å². The minimum absolute atomic E-state index is 0.0826. The summed E-state index contributed by atoms with van der Waals surface area (Å²) in [4.78, 5) is 22.9. The number of para-hydroxylation sites is 1. The highest BCUT2D eigenvalue weighted by molar-refractivity contribution is 5.88. The van der Waals surface area contributed by atoms with Crippen molar-refractivity contribution in [3.63, 3.8) is 0 Å². The van der Waals surface area contributed by atoms with Crippen LogP contribution in [0.15, 0.2) is 48.5 Å². The molecule has 0 aromatic heterocycles. The average molecular weight is 341 g/mol. The van der Waals surface area contributed by atoms with Gasteiger partial charge in [-0.2, -0.15) is 0 Å². The van der Waals surface area contributed by atoms with Crippen molar-refractivity contribution in [2.75, 3.05) is 30.8 Å². The summed E-state index contributed by atoms with van der Waals surface area (Å²) in [6, 6.07) is 14.9. The number of hydrogen-bond acceptors (Lipinski definition) is 4. The van der Waals surface area contributed by atoms with Gasteiger partial charge in [0.05, 0.1) is 13.7 Å². The van der Waals surface area contributed by atoms with E-state index in [1.165, 1.54) is 6.92 Å². The first-order valence-electron chi connectivity index (χ1n) is 8.08. The zero-order valence-corrected chi connectivity index (χ0v) is 14.5. The molecule has 0 aliphatic carbocycles. The van der Waals surface area contributed by atoms with Gasteiger partial charge < -0.3 is 20.7 Å². The molecule has 0 saturated heterocycles. The molecule has 2 amide bonds. The Kier molecular flexibility index (Phi) is 6.83. The number of carbonyl (C=O) groups excluding carboxylic acids is 2. The third kappa shape index (κ3) is 6.18. The van der Waals surface area contributed by atoms with Crippen LogP contribution in [-0.4, -0.2) is 32.0 Å². The fourth-order valence-electron chi connectivity index (χ4n) is 2.37. The zero-order valence-electron chi connectivity index (χ0n) is 14.5. The van der Waals surface area contributed by atoms with Crippen LogP contribution in [0.5, 0.6) is 5.75 Å². The normalized spacial score (nSPS) is 10.0. The number of rotatable bonds is 8. The Morgan fingerprint density at radius 1 is 1.00 bits per heavy atom. The van der Waals surface area contributed by atoms with E-state index in [4.69, 9.17) is 4.74 Å². The monoisotopic (exact) mass is 341 g/mol. The van der Waals surface area contributed by atoms with E-state index in [1.54, 1.807) is 19.2 Å². The Labute approximate surface area is 147 Å². The maximum Gasteiger partial charge on any atom is 0.239 e. The van der Waals surface area contributed by atoms with E-state index in [0.717, 1.165) is 22.7 Å². The summed E-state index contributed by atoms with van der Waals surface area (Å²) in [5, 5.41) is 8.62. The second-order valence-corrected chi connectivity index (χ2v) is 5.52. The largest absolute Gasteiger partial charge is 0.496 e. The molecule has 0 radical (unpaired) electrons. The van der Waals surface area contributed by atoms with E-state index >= 15 is 0 Å². The lowest BCUT2D eigenvalue weighted by atomic mass is 10.1. The smallest absolute Gasteiger partial charge is 0.239 e. The van der Waals surface area contributed by atoms with Crippen LogP contribution in [0.2, 0.25) is 0 Å². The van der Waals surface area contributed by atoms with Gasteiger partial charge in [0, 0.05) is 24.8 Å². The third-order valence-electron chi connectivity index (χ3n) is 3.57. The van der Waals surface area contributed by atoms with Gasteiger partial charge in [0.2, 0.25) is 11.8 Å². The molecule has 0 spiro atoms. The van der Waals surface area contributed by atoms with Crippen LogP contribution in [-0.2, 0) is 16.0 Å². The molecule has 0 saturated carbocycles. The fraction of sp³-hybridized carbons (Fsp3) is 0.263. The Balaban J connectivity index is 1.72. The predicted molar refractivity (Wildman–Crippen MR) is 98.9 cm³/mol. The van der Waals surface area contributed by atoms with E-state index in [1.807, 2.05) is 36.4 Å². The van der Waals surface area contributed by atoms with Crippen LogP contribution in [0.25, 0.3) is 0 Å². The summed E-state index contributed by atoms with van der Waals surface area (Å²) in [5.74, 6) is 0.630. The van der Waals surface area contributed by atoms with Crippen molar-refractivity contribution in [2.45, 2.75) is 13.3 Å². The van der Waals surface area contributed by atoms with Crippen molar-refractivity contribution < 1.29 is 14.3 Å². The number of nitrogens with one attached hydrogen (secondary N) is 3. The SMILES string of the molecule is COc1ccccc1CCNC(=O)CNc1ccc(NC(C)=O)cc1. The molecule has 0 heterocycles. The first-order valence-corrected chi connectivity index (χ1v) is 8.08. The van der Waals surface area contributed by atoms with Crippen molar-refractivity contribution in [3.05, 3.63) is 54.1 Å². The van der Waals surface area contributed by atoms with E-state index in [-0.39, 0.29) is 18.4 Å². The Morgan fingerprint density at radius 3 is 2.36 bits per heavy atom.